The number of phosphoric acid groups is 1. The van der Waals surface area contributed by atoms with E-state index in [4.69, 9.17) is 32.9 Å². The summed E-state index contributed by atoms with van der Waals surface area (Å²) in [7, 11) is -3.61. The summed E-state index contributed by atoms with van der Waals surface area (Å²) < 4.78 is 55.7. The van der Waals surface area contributed by atoms with E-state index in [0.717, 1.165) is 128 Å². The largest absolute Gasteiger partial charge is 0.471 e. The molecular formula is C66H129N2O16P. The van der Waals surface area contributed by atoms with Crippen LogP contribution in [-0.2, 0) is 42.3 Å². The first kappa shape index (κ1) is 79.9. The van der Waals surface area contributed by atoms with E-state index >= 15 is 0 Å². The van der Waals surface area contributed by atoms with Crippen molar-refractivity contribution in [1.82, 2.24) is 10.6 Å². The number of aliphatic hydroxyl groups excluding tert-OH is 5. The lowest BCUT2D eigenvalue weighted by Gasteiger charge is -2.47. The van der Waals surface area contributed by atoms with Crippen molar-refractivity contribution in [2.45, 2.75) is 371 Å². The molecule has 18 nitrogen and oxygen atoms in total. The number of unbranched alkanes of at least 4 members (excludes halogenated alkanes) is 30. The molecule has 0 aromatic carbocycles. The number of aliphatic hydroxyl groups is 5. The van der Waals surface area contributed by atoms with Crippen molar-refractivity contribution < 1.29 is 77.6 Å². The van der Waals surface area contributed by atoms with Crippen LogP contribution in [0.1, 0.15) is 291 Å². The first-order chi connectivity index (χ1) is 41.2. The Morgan fingerprint density at radius 1 is 0.553 bits per heavy atom. The number of ether oxygens (including phenoxy) is 6. The fraction of sp³-hybridized carbons (Fsp3) is 0.955. The molecule has 0 radical (unpaired) electrons. The molecule has 9 N–H and O–H groups in total. The molecule has 1 unspecified atom stereocenters. The molecule has 2 saturated heterocycles. The maximum Gasteiger partial charge on any atom is 0.471 e. The number of phosphoric ester groups is 1. The van der Waals surface area contributed by atoms with Gasteiger partial charge in [0.05, 0.1) is 31.0 Å². The average Bonchev–Trinajstić information content (AvgIpc) is 2.88. The van der Waals surface area contributed by atoms with Crippen LogP contribution < -0.4 is 10.6 Å². The summed E-state index contributed by atoms with van der Waals surface area (Å²) in [6.45, 7) is 8.34. The molecule has 2 aliphatic heterocycles. The highest BCUT2D eigenvalue weighted by Crippen LogP contribution is 2.41. The predicted molar refractivity (Wildman–Crippen MR) is 338 cm³/mol. The predicted octanol–water partition coefficient (Wildman–Crippen LogP) is 12.8. The van der Waals surface area contributed by atoms with Crippen LogP contribution in [0.2, 0.25) is 0 Å². The Morgan fingerprint density at radius 2 is 1.01 bits per heavy atom. The van der Waals surface area contributed by atoms with Gasteiger partial charge in [0.15, 0.2) is 12.6 Å². The zero-order chi connectivity index (χ0) is 62.2. The molecule has 1 amide bonds. The SMILES string of the molecule is CCCCCC/C=C\CCCCCCCCCC(=O)N[C@H]1[C@H](OCC2O[C@H](OP(=O)(O)O)[C@H](N[C@@H](O)C[C@@H](O)CCCCCCCCCCC)[C@@H](OCCCCCCCCCC)[C@@H]2O)O[C@H](CCO)[C@@H](O)[C@@H]1OCC[C@@H](CCCCCCC)OC. The fourth-order valence-corrected chi connectivity index (χ4v) is 12.2. The summed E-state index contributed by atoms with van der Waals surface area (Å²) in [6, 6.07) is -2.41. The highest BCUT2D eigenvalue weighted by atomic mass is 31.2. The Labute approximate surface area is 516 Å². The van der Waals surface area contributed by atoms with Crippen molar-refractivity contribution in [3.63, 3.8) is 0 Å². The van der Waals surface area contributed by atoms with Gasteiger partial charge in [0.1, 0.15) is 42.8 Å². The van der Waals surface area contributed by atoms with E-state index in [9.17, 15) is 44.7 Å². The third kappa shape index (κ3) is 39.0. The second-order valence-electron chi connectivity index (χ2n) is 24.6. The lowest BCUT2D eigenvalue weighted by atomic mass is 9.94. The van der Waals surface area contributed by atoms with E-state index in [-0.39, 0.29) is 51.1 Å². The van der Waals surface area contributed by atoms with Crippen LogP contribution in [0.5, 0.6) is 0 Å². The monoisotopic (exact) mass is 1240 g/mol. The summed E-state index contributed by atoms with van der Waals surface area (Å²) in [5.41, 5.74) is 0. The average molecular weight is 1240 g/mol. The molecule has 85 heavy (non-hydrogen) atoms. The van der Waals surface area contributed by atoms with Gasteiger partial charge in [-0.15, -0.1) is 0 Å². The van der Waals surface area contributed by atoms with Crippen molar-refractivity contribution in [1.29, 1.82) is 0 Å². The van der Waals surface area contributed by atoms with Gasteiger partial charge in [-0.25, -0.2) is 4.57 Å². The highest BCUT2D eigenvalue weighted by Gasteiger charge is 2.51. The van der Waals surface area contributed by atoms with Crippen molar-refractivity contribution in [2.24, 2.45) is 0 Å². The van der Waals surface area contributed by atoms with E-state index in [1.54, 1.807) is 7.11 Å². The summed E-state index contributed by atoms with van der Waals surface area (Å²) in [5.74, 6) is -0.295. The standard InChI is InChI=1S/C66H129N2O16P/c1-6-10-14-18-21-24-25-26-27-28-29-31-33-37-41-45-57(71)67-59-63(80-50-47-54(78-5)44-40-35-17-13-9-4)61(73)55(46-48-69)82-65(59)81-52-56-62(74)64(79-49-42-38-34-23-20-16-12-8-3)60(66(83-56)84-85(75,76)77)68-58(72)51-53(70)43-39-36-32-30-22-19-15-11-7-2/h24-25,53-56,58-66,68-70,72-74H,6-23,26-52H2,1-5H3,(H,67,71)(H2,75,76,77)/b25-24-/t53-,54+,55+,56?,58-,59+,60+,61+,62+,63+,64+,65+,66+/m0/s1. The minimum absolute atomic E-state index is 0.00874. The van der Waals surface area contributed by atoms with Gasteiger partial charge in [-0.3, -0.25) is 14.6 Å². The molecule has 0 bridgehead atoms. The topological polar surface area (TPSA) is 264 Å². The molecule has 504 valence electrons. The molecule has 0 aromatic rings. The van der Waals surface area contributed by atoms with Gasteiger partial charge in [-0.1, -0.05) is 226 Å². The van der Waals surface area contributed by atoms with E-state index < -0.39 is 88.0 Å². The van der Waals surface area contributed by atoms with Crippen LogP contribution in [0.25, 0.3) is 0 Å². The number of carbonyl (C=O) groups excluding carboxylic acids is 1. The minimum atomic E-state index is -5.29. The number of carbonyl (C=O) groups is 1. The quantitative estimate of drug-likeness (QED) is 0.0119. The number of hydrogen-bond acceptors (Lipinski definition) is 15. The van der Waals surface area contributed by atoms with Crippen LogP contribution in [-0.4, -0.2) is 154 Å². The summed E-state index contributed by atoms with van der Waals surface area (Å²) in [4.78, 5) is 34.4. The van der Waals surface area contributed by atoms with E-state index in [1.165, 1.54) is 89.9 Å². The first-order valence-electron chi connectivity index (χ1n) is 34.7. The minimum Gasteiger partial charge on any atom is -0.396 e. The zero-order valence-electron chi connectivity index (χ0n) is 54.2. The fourth-order valence-electron chi connectivity index (χ4n) is 11.7. The molecule has 2 aliphatic rings. The van der Waals surface area contributed by atoms with Gasteiger partial charge in [0, 0.05) is 39.8 Å². The summed E-state index contributed by atoms with van der Waals surface area (Å²) in [5, 5.41) is 62.7. The molecule has 2 rings (SSSR count). The maximum atomic E-state index is 14.0. The van der Waals surface area contributed by atoms with Gasteiger partial charge in [0.2, 0.25) is 5.91 Å². The lowest BCUT2D eigenvalue weighted by molar-refractivity contribution is -0.301. The van der Waals surface area contributed by atoms with Crippen molar-refractivity contribution in [3.05, 3.63) is 12.2 Å². The van der Waals surface area contributed by atoms with E-state index in [1.807, 2.05) is 0 Å². The number of hydrogen-bond donors (Lipinski definition) is 9. The Bertz CT molecular complexity index is 1620. The van der Waals surface area contributed by atoms with Gasteiger partial charge >= 0.3 is 7.82 Å². The highest BCUT2D eigenvalue weighted by molar-refractivity contribution is 7.46. The van der Waals surface area contributed by atoms with Gasteiger partial charge in [0.25, 0.3) is 0 Å². The molecule has 0 saturated carbocycles. The van der Waals surface area contributed by atoms with Crippen molar-refractivity contribution in [2.75, 3.05) is 33.5 Å². The second kappa shape index (κ2) is 52.5. The number of rotatable bonds is 58. The number of nitrogens with one attached hydrogen (secondary N) is 2. The molecule has 0 spiro atoms. The Kier molecular flexibility index (Phi) is 49.3. The Hall–Kier alpha value is -1.16. The lowest BCUT2D eigenvalue weighted by Crippen LogP contribution is -2.67. The van der Waals surface area contributed by atoms with Crippen LogP contribution in [0.4, 0.5) is 0 Å². The Balaban J connectivity index is 2.32. The molecular weight excluding hydrogens is 1110 g/mol. The third-order valence-corrected chi connectivity index (χ3v) is 17.4. The van der Waals surface area contributed by atoms with Crippen LogP contribution >= 0.6 is 7.82 Å². The van der Waals surface area contributed by atoms with Crippen LogP contribution in [0.15, 0.2) is 12.2 Å². The van der Waals surface area contributed by atoms with E-state index in [2.05, 4.69) is 50.5 Å². The zero-order valence-corrected chi connectivity index (χ0v) is 55.1. The number of methoxy groups -OCH3 is 1. The van der Waals surface area contributed by atoms with Crippen LogP contribution in [0, 0.1) is 0 Å². The van der Waals surface area contributed by atoms with Crippen molar-refractivity contribution in [3.8, 4) is 0 Å². The summed E-state index contributed by atoms with van der Waals surface area (Å²) in [6.07, 6.45) is 31.9. The molecule has 2 fully saturated rings. The normalized spacial score (nSPS) is 24.1. The summed E-state index contributed by atoms with van der Waals surface area (Å²) >= 11 is 0. The third-order valence-electron chi connectivity index (χ3n) is 17.0. The molecule has 0 aromatic heterocycles. The first-order valence-corrected chi connectivity index (χ1v) is 36.2. The molecule has 0 aliphatic carbocycles. The molecule has 13 atom stereocenters. The van der Waals surface area contributed by atoms with Gasteiger partial charge in [-0.05, 0) is 64.2 Å². The number of amides is 1. The second-order valence-corrected chi connectivity index (χ2v) is 25.8. The molecule has 2 heterocycles. The van der Waals surface area contributed by atoms with Gasteiger partial charge < -0.3 is 69.1 Å². The van der Waals surface area contributed by atoms with Crippen molar-refractivity contribution >= 4 is 13.7 Å². The molecule has 19 heteroatoms. The number of allylic oxidation sites excluding steroid dienone is 2. The van der Waals surface area contributed by atoms with E-state index in [0.29, 0.717) is 25.7 Å². The maximum absolute atomic E-state index is 14.0. The Morgan fingerprint density at radius 3 is 1.55 bits per heavy atom. The van der Waals surface area contributed by atoms with Gasteiger partial charge in [-0.2, -0.15) is 0 Å². The van der Waals surface area contributed by atoms with Crippen LogP contribution in [0.3, 0.4) is 0 Å². The smallest absolute Gasteiger partial charge is 0.396 e.